The number of hydrogen-bond donors (Lipinski definition) is 1. The van der Waals surface area contributed by atoms with Crippen LogP contribution in [0.4, 0.5) is 0 Å². The van der Waals surface area contributed by atoms with Gasteiger partial charge in [-0.2, -0.15) is 0 Å². The smallest absolute Gasteiger partial charge is 0.307 e. The lowest BCUT2D eigenvalue weighted by atomic mass is 9.96. The molecule has 5 heteroatoms. The second kappa shape index (κ2) is 9.30. The number of ether oxygens (including phenoxy) is 2. The molecule has 1 aromatic rings. The molecule has 0 bridgehead atoms. The fourth-order valence-corrected chi connectivity index (χ4v) is 2.56. The summed E-state index contributed by atoms with van der Waals surface area (Å²) >= 11 is 0. The van der Waals surface area contributed by atoms with E-state index in [4.69, 9.17) is 9.47 Å². The number of nitrogens with one attached hydrogen (secondary N) is 1. The summed E-state index contributed by atoms with van der Waals surface area (Å²) in [4.78, 5) is 24.7. The van der Waals surface area contributed by atoms with Gasteiger partial charge in [0.25, 0.3) is 0 Å². The number of esters is 1. The molecule has 0 heterocycles. The first kappa shape index (κ1) is 19.2. The summed E-state index contributed by atoms with van der Waals surface area (Å²) in [5.41, 5.74) is 2.39. The summed E-state index contributed by atoms with van der Waals surface area (Å²) in [7, 11) is 1.55. The molecule has 0 aliphatic rings. The number of benzene rings is 1. The van der Waals surface area contributed by atoms with E-state index in [0.29, 0.717) is 24.5 Å². The first-order valence-electron chi connectivity index (χ1n) is 8.03. The molecular weight excluding hydrogens is 294 g/mol. The van der Waals surface area contributed by atoms with Crippen molar-refractivity contribution >= 4 is 11.8 Å². The zero-order valence-electron chi connectivity index (χ0n) is 14.7. The fraction of sp³-hybridized carbons (Fsp3) is 0.556. The fourth-order valence-electron chi connectivity index (χ4n) is 2.56. The lowest BCUT2D eigenvalue weighted by Gasteiger charge is -2.19. The van der Waals surface area contributed by atoms with Gasteiger partial charge < -0.3 is 14.8 Å². The Balaban J connectivity index is 3.10. The van der Waals surface area contributed by atoms with Crippen LogP contribution >= 0.6 is 0 Å². The molecule has 0 radical (unpaired) electrons. The van der Waals surface area contributed by atoms with Gasteiger partial charge in [0.1, 0.15) is 5.75 Å². The molecule has 1 N–H and O–H groups in total. The zero-order chi connectivity index (χ0) is 17.4. The largest absolute Gasteiger partial charge is 0.496 e. The lowest BCUT2D eigenvalue weighted by Crippen LogP contribution is -2.39. The van der Waals surface area contributed by atoms with Crippen molar-refractivity contribution < 1.29 is 19.1 Å². The monoisotopic (exact) mass is 321 g/mol. The van der Waals surface area contributed by atoms with Gasteiger partial charge in [-0.15, -0.1) is 0 Å². The van der Waals surface area contributed by atoms with Gasteiger partial charge in [-0.1, -0.05) is 13.0 Å². The Kier molecular flexibility index (Phi) is 7.75. The number of aryl methyl sites for hydroxylation is 2. The van der Waals surface area contributed by atoms with Gasteiger partial charge in [-0.05, 0) is 50.9 Å². The van der Waals surface area contributed by atoms with Crippen LogP contribution in [-0.2, 0) is 9.53 Å². The number of Topliss-reactive ketones (excluding diaryl/α,β-unsaturated/α-hetero) is 1. The molecule has 128 valence electrons. The molecule has 1 rings (SSSR count). The molecule has 1 aromatic carbocycles. The number of hydrogen-bond acceptors (Lipinski definition) is 5. The van der Waals surface area contributed by atoms with Crippen molar-refractivity contribution in [1.29, 1.82) is 0 Å². The summed E-state index contributed by atoms with van der Waals surface area (Å²) < 4.78 is 10.4. The number of rotatable bonds is 9. The Morgan fingerprint density at radius 1 is 1.22 bits per heavy atom. The SMILES string of the molecule is CCCNC(CC(=O)OCC)C(=O)c1cc(C)cc(C)c1OC. The van der Waals surface area contributed by atoms with E-state index in [0.717, 1.165) is 17.5 Å². The Labute approximate surface area is 138 Å². The van der Waals surface area contributed by atoms with Crippen LogP contribution in [0.15, 0.2) is 12.1 Å². The molecular formula is C18H27NO4. The van der Waals surface area contributed by atoms with Crippen molar-refractivity contribution in [3.63, 3.8) is 0 Å². The van der Waals surface area contributed by atoms with E-state index in [1.54, 1.807) is 20.1 Å². The third-order valence-electron chi connectivity index (χ3n) is 3.52. The Morgan fingerprint density at radius 2 is 1.91 bits per heavy atom. The van der Waals surface area contributed by atoms with Crippen LogP contribution in [0.25, 0.3) is 0 Å². The summed E-state index contributed by atoms with van der Waals surface area (Å²) in [5.74, 6) is 0.0423. The molecule has 1 unspecified atom stereocenters. The molecule has 0 aliphatic heterocycles. The van der Waals surface area contributed by atoms with Crippen LogP contribution < -0.4 is 10.1 Å². The Morgan fingerprint density at radius 3 is 2.48 bits per heavy atom. The second-order valence-electron chi connectivity index (χ2n) is 5.54. The molecule has 0 saturated heterocycles. The van der Waals surface area contributed by atoms with Gasteiger partial charge in [0.15, 0.2) is 5.78 Å². The van der Waals surface area contributed by atoms with Gasteiger partial charge in [0.05, 0.1) is 31.7 Å². The van der Waals surface area contributed by atoms with E-state index in [1.807, 2.05) is 26.8 Å². The van der Waals surface area contributed by atoms with Crippen LogP contribution in [-0.4, -0.2) is 38.1 Å². The molecule has 0 saturated carbocycles. The summed E-state index contributed by atoms with van der Waals surface area (Å²) in [6.45, 7) is 8.56. The van der Waals surface area contributed by atoms with Crippen molar-refractivity contribution in [2.75, 3.05) is 20.3 Å². The minimum Gasteiger partial charge on any atom is -0.496 e. The average molecular weight is 321 g/mol. The van der Waals surface area contributed by atoms with Crippen molar-refractivity contribution in [1.82, 2.24) is 5.32 Å². The van der Waals surface area contributed by atoms with Crippen LogP contribution in [0.3, 0.4) is 0 Å². The Hall–Kier alpha value is -1.88. The second-order valence-corrected chi connectivity index (χ2v) is 5.54. The maximum Gasteiger partial charge on any atom is 0.307 e. The van der Waals surface area contributed by atoms with Crippen molar-refractivity contribution in [3.8, 4) is 5.75 Å². The van der Waals surface area contributed by atoms with E-state index in [-0.39, 0.29) is 18.2 Å². The highest BCUT2D eigenvalue weighted by Crippen LogP contribution is 2.26. The molecule has 5 nitrogen and oxygen atoms in total. The highest BCUT2D eigenvalue weighted by atomic mass is 16.5. The van der Waals surface area contributed by atoms with Crippen LogP contribution in [0.1, 0.15) is 48.2 Å². The summed E-state index contributed by atoms with van der Waals surface area (Å²) in [5, 5.41) is 3.14. The predicted octanol–water partition coefficient (Wildman–Crippen LogP) is 2.82. The molecule has 0 aliphatic carbocycles. The lowest BCUT2D eigenvalue weighted by molar-refractivity contribution is -0.143. The normalized spacial score (nSPS) is 11.9. The van der Waals surface area contributed by atoms with E-state index in [1.165, 1.54) is 0 Å². The molecule has 0 spiro atoms. The van der Waals surface area contributed by atoms with E-state index < -0.39 is 6.04 Å². The molecule has 0 fully saturated rings. The van der Waals surface area contributed by atoms with Gasteiger partial charge in [0, 0.05) is 0 Å². The maximum atomic E-state index is 12.9. The number of carbonyl (C=O) groups excluding carboxylic acids is 2. The molecule has 0 aromatic heterocycles. The first-order chi connectivity index (χ1) is 10.9. The Bertz CT molecular complexity index is 554. The van der Waals surface area contributed by atoms with Crippen LogP contribution in [0.2, 0.25) is 0 Å². The van der Waals surface area contributed by atoms with Gasteiger partial charge in [-0.3, -0.25) is 9.59 Å². The van der Waals surface area contributed by atoms with Gasteiger partial charge >= 0.3 is 5.97 Å². The summed E-state index contributed by atoms with van der Waals surface area (Å²) in [6.07, 6.45) is 0.888. The topological polar surface area (TPSA) is 64.6 Å². The minimum atomic E-state index is -0.607. The first-order valence-corrected chi connectivity index (χ1v) is 8.03. The highest BCUT2D eigenvalue weighted by molar-refractivity contribution is 6.04. The van der Waals surface area contributed by atoms with Crippen molar-refractivity contribution in [2.45, 2.75) is 46.6 Å². The highest BCUT2D eigenvalue weighted by Gasteiger charge is 2.26. The number of carbonyl (C=O) groups is 2. The van der Waals surface area contributed by atoms with Crippen molar-refractivity contribution in [3.05, 3.63) is 28.8 Å². The van der Waals surface area contributed by atoms with E-state index in [2.05, 4.69) is 5.32 Å². The third kappa shape index (κ3) is 5.36. The van der Waals surface area contributed by atoms with Crippen LogP contribution in [0.5, 0.6) is 5.75 Å². The summed E-state index contributed by atoms with van der Waals surface area (Å²) in [6, 6.07) is 3.17. The van der Waals surface area contributed by atoms with Gasteiger partial charge in [-0.25, -0.2) is 0 Å². The van der Waals surface area contributed by atoms with E-state index >= 15 is 0 Å². The molecule has 23 heavy (non-hydrogen) atoms. The standard InChI is InChI=1S/C18H27NO4/c1-6-8-19-15(11-16(20)23-7-2)17(21)14-10-12(3)9-13(4)18(14)22-5/h9-10,15,19H,6-8,11H2,1-5H3. The molecule has 1 atom stereocenters. The quantitative estimate of drug-likeness (QED) is 0.560. The maximum absolute atomic E-state index is 12.9. The number of ketones is 1. The zero-order valence-corrected chi connectivity index (χ0v) is 14.7. The van der Waals surface area contributed by atoms with Crippen molar-refractivity contribution in [2.24, 2.45) is 0 Å². The molecule has 0 amide bonds. The average Bonchev–Trinajstić information content (AvgIpc) is 2.50. The van der Waals surface area contributed by atoms with Gasteiger partial charge in [0.2, 0.25) is 0 Å². The minimum absolute atomic E-state index is 0.0167. The number of methoxy groups -OCH3 is 1. The predicted molar refractivity (Wildman–Crippen MR) is 90.1 cm³/mol. The third-order valence-corrected chi connectivity index (χ3v) is 3.52. The van der Waals surface area contributed by atoms with Crippen LogP contribution in [0, 0.1) is 13.8 Å². The van der Waals surface area contributed by atoms with E-state index in [9.17, 15) is 9.59 Å².